The summed E-state index contributed by atoms with van der Waals surface area (Å²) in [6.07, 6.45) is 4.81. The Morgan fingerprint density at radius 3 is 1.27 bits per heavy atom. The molecule has 0 N–H and O–H groups in total. The summed E-state index contributed by atoms with van der Waals surface area (Å²) < 4.78 is 0.213. The molecule has 0 radical (unpaired) electrons. The van der Waals surface area contributed by atoms with Crippen LogP contribution in [0.1, 0.15) is 54.5 Å². The summed E-state index contributed by atoms with van der Waals surface area (Å²) >= 11 is -4.68. The van der Waals surface area contributed by atoms with Crippen LogP contribution in [0.25, 0.3) is 34.4 Å². The zero-order chi connectivity index (χ0) is 28.4. The van der Waals surface area contributed by atoms with Gasteiger partial charge in [-0.3, -0.25) is 0 Å². The normalized spacial score (nSPS) is 19.1. The first-order valence-corrected chi connectivity index (χ1v) is 30.7. The zero-order valence-electron chi connectivity index (χ0n) is 24.2. The van der Waals surface area contributed by atoms with Crippen LogP contribution in [0.3, 0.4) is 0 Å². The van der Waals surface area contributed by atoms with Crippen LogP contribution < -0.4 is 0 Å². The molecule has 40 heavy (non-hydrogen) atoms. The van der Waals surface area contributed by atoms with Gasteiger partial charge < -0.3 is 0 Å². The average Bonchev–Trinajstić information content (AvgIpc) is 3.46. The van der Waals surface area contributed by atoms with Gasteiger partial charge in [0.2, 0.25) is 0 Å². The van der Waals surface area contributed by atoms with Gasteiger partial charge in [-0.15, -0.1) is 0 Å². The Bertz CT molecular complexity index is 1580. The maximum absolute atomic E-state index is 8.42. The number of fused-ring (bicyclic) bond motifs is 2. The van der Waals surface area contributed by atoms with E-state index in [0.29, 0.717) is 0 Å². The van der Waals surface area contributed by atoms with E-state index in [0.717, 1.165) is 0 Å². The second-order valence-electron chi connectivity index (χ2n) is 12.3. The third-order valence-electron chi connectivity index (χ3n) is 9.58. The van der Waals surface area contributed by atoms with E-state index < -0.39 is 21.5 Å². The molecule has 2 aliphatic carbocycles. The number of allylic oxidation sites excluding steroid dienone is 2. The summed E-state index contributed by atoms with van der Waals surface area (Å²) in [5, 5.41) is 0. The van der Waals surface area contributed by atoms with Gasteiger partial charge >= 0.3 is 250 Å². The Balaban J connectivity index is 1.59. The molecule has 2 aliphatic rings. The first-order valence-electron chi connectivity index (χ1n) is 14.4. The molecule has 0 saturated heterocycles. The molecule has 4 heteroatoms. The summed E-state index contributed by atoms with van der Waals surface area (Å²) in [7, 11) is 16.8. The van der Waals surface area contributed by atoms with Crippen LogP contribution in [0.15, 0.2) is 96.1 Å². The van der Waals surface area contributed by atoms with E-state index in [2.05, 4.69) is 138 Å². The van der Waals surface area contributed by atoms with Crippen molar-refractivity contribution >= 4 is 35.1 Å². The van der Waals surface area contributed by atoms with E-state index in [9.17, 15) is 0 Å². The van der Waals surface area contributed by atoms with Crippen LogP contribution in [0.5, 0.6) is 0 Å². The minimum atomic E-state index is -4.68. The summed E-state index contributed by atoms with van der Waals surface area (Å²) in [6, 6.07) is 30.8. The topological polar surface area (TPSA) is 0 Å². The molecular weight excluding hydrogens is 623 g/mol. The van der Waals surface area contributed by atoms with E-state index in [1.807, 2.05) is 0 Å². The molecule has 0 heterocycles. The molecule has 203 valence electrons. The molecule has 0 nitrogen and oxygen atoms in total. The van der Waals surface area contributed by atoms with E-state index >= 15 is 0 Å². The number of aryl methyl sites for hydroxylation is 2. The van der Waals surface area contributed by atoms with Gasteiger partial charge in [0.1, 0.15) is 0 Å². The van der Waals surface area contributed by atoms with Gasteiger partial charge in [0.15, 0.2) is 0 Å². The third-order valence-corrected chi connectivity index (χ3v) is 61.8. The minimum absolute atomic E-state index is 0.107. The van der Waals surface area contributed by atoms with Crippen molar-refractivity contribution < 1.29 is 15.6 Å². The summed E-state index contributed by atoms with van der Waals surface area (Å²) in [5.41, 5.74) is 15.7. The van der Waals surface area contributed by atoms with Crippen LogP contribution in [0.4, 0.5) is 0 Å². The number of hydrogen-bond donors (Lipinski definition) is 0. The predicted octanol–water partition coefficient (Wildman–Crippen LogP) is 11.2. The number of hydrogen-bond acceptors (Lipinski definition) is 0. The van der Waals surface area contributed by atoms with Crippen molar-refractivity contribution in [2.24, 2.45) is 0 Å². The standard InChI is InChI=1S/2C17H15.C2H7Si.2ClH.Zr/c2*1-12-10-15-9-8-13(2)17(16(15)11-12)14-6-4-3-5-7-14;1-3-2;;;/h2*3-11H,1-2H3;3H,1-2H3;2*1H;/q;;;;;+2/p-2. The quantitative estimate of drug-likeness (QED) is 0.187. The number of halogens is 2. The van der Waals surface area contributed by atoms with Crippen molar-refractivity contribution in [2.75, 3.05) is 0 Å². The van der Waals surface area contributed by atoms with Crippen molar-refractivity contribution in [3.05, 3.63) is 129 Å². The fourth-order valence-corrected chi connectivity index (χ4v) is 40.6. The van der Waals surface area contributed by atoms with Crippen molar-refractivity contribution in [2.45, 2.75) is 48.0 Å². The number of rotatable bonds is 5. The molecule has 0 amide bonds. The van der Waals surface area contributed by atoms with Crippen molar-refractivity contribution in [1.82, 2.24) is 0 Å². The van der Waals surface area contributed by atoms with Crippen LogP contribution in [0.2, 0.25) is 13.1 Å². The Morgan fingerprint density at radius 2 is 0.925 bits per heavy atom. The van der Waals surface area contributed by atoms with Gasteiger partial charge in [-0.1, -0.05) is 0 Å². The molecule has 2 unspecified atom stereocenters. The van der Waals surface area contributed by atoms with Crippen molar-refractivity contribution in [1.29, 1.82) is 0 Å². The summed E-state index contributed by atoms with van der Waals surface area (Å²) in [6.45, 7) is 13.8. The SMILES string of the molecule is CC1=Cc2c(ccc(C)c2-c2ccccc2)[CH]1[Zr]([Cl])([Cl])([CH]1C(C)=Cc2c1ccc(C)c2-c1ccccc1)[SiH](C)C. The molecule has 2 atom stereocenters. The van der Waals surface area contributed by atoms with Gasteiger partial charge in [0, 0.05) is 0 Å². The van der Waals surface area contributed by atoms with Crippen LogP contribution in [-0.2, 0) is 15.6 Å². The van der Waals surface area contributed by atoms with Crippen LogP contribution in [-0.4, -0.2) is 5.92 Å². The van der Waals surface area contributed by atoms with E-state index in [4.69, 9.17) is 17.0 Å². The first-order chi connectivity index (χ1) is 19.0. The second kappa shape index (κ2) is 10.1. The molecular formula is C36H37Cl2SiZr. The second-order valence-corrected chi connectivity index (χ2v) is 54.8. The average molecular weight is 660 g/mol. The third kappa shape index (κ3) is 4.09. The monoisotopic (exact) mass is 657 g/mol. The Morgan fingerprint density at radius 1 is 0.550 bits per heavy atom. The Kier molecular flexibility index (Phi) is 7.11. The molecule has 6 rings (SSSR count). The molecule has 4 aromatic rings. The van der Waals surface area contributed by atoms with Crippen LogP contribution >= 0.6 is 17.0 Å². The van der Waals surface area contributed by atoms with Gasteiger partial charge in [-0.05, 0) is 0 Å². The summed E-state index contributed by atoms with van der Waals surface area (Å²) in [5.74, 6) is -1.56. The molecule has 0 saturated carbocycles. The van der Waals surface area contributed by atoms with E-state index in [1.165, 1.54) is 66.8 Å². The van der Waals surface area contributed by atoms with Gasteiger partial charge in [-0.25, -0.2) is 0 Å². The fraction of sp³-hybridized carbons (Fsp3) is 0.222. The molecule has 0 fully saturated rings. The van der Waals surface area contributed by atoms with Gasteiger partial charge in [-0.2, -0.15) is 0 Å². The van der Waals surface area contributed by atoms with Gasteiger partial charge in [0.05, 0.1) is 0 Å². The van der Waals surface area contributed by atoms with Gasteiger partial charge in [0.25, 0.3) is 0 Å². The van der Waals surface area contributed by atoms with Crippen molar-refractivity contribution in [3.63, 3.8) is 0 Å². The van der Waals surface area contributed by atoms with E-state index in [1.54, 1.807) is 0 Å². The molecule has 4 aromatic carbocycles. The Labute approximate surface area is 248 Å². The predicted molar refractivity (Wildman–Crippen MR) is 177 cm³/mol. The fourth-order valence-electron chi connectivity index (χ4n) is 7.69. The maximum atomic E-state index is 8.42. The molecule has 0 aromatic heterocycles. The zero-order valence-corrected chi connectivity index (χ0v) is 29.4. The van der Waals surface area contributed by atoms with Crippen molar-refractivity contribution in [3.8, 4) is 22.3 Å². The molecule has 0 bridgehead atoms. The Hall–Kier alpha value is -1.96. The summed E-state index contributed by atoms with van der Waals surface area (Å²) in [4.78, 5) is 0. The molecule has 0 spiro atoms. The van der Waals surface area contributed by atoms with Crippen LogP contribution in [0, 0.1) is 13.8 Å². The molecule has 0 aliphatic heterocycles. The van der Waals surface area contributed by atoms with E-state index in [-0.39, 0.29) is 7.25 Å². The number of benzene rings is 4. The first kappa shape index (κ1) is 28.2.